The van der Waals surface area contributed by atoms with E-state index in [2.05, 4.69) is 0 Å². The standard InChI is InChI=1S/C26H28O5/c27-20-26(23-14-8-3-9-15-23)30-24(18-28-16-21-10-4-1-5-11-21)25(31-26)19-29-17-22-12-6-2-7-13-22/h1-15,24-25,27H,16-20H2/t24-,25-/m1/s1. The van der Waals surface area contributed by atoms with Crippen molar-refractivity contribution in [1.82, 2.24) is 0 Å². The highest BCUT2D eigenvalue weighted by atomic mass is 16.8. The molecule has 4 rings (SSSR count). The second-order valence-corrected chi connectivity index (χ2v) is 7.59. The van der Waals surface area contributed by atoms with Crippen molar-refractivity contribution in [2.24, 2.45) is 0 Å². The normalized spacial score (nSPS) is 20.0. The zero-order chi connectivity index (χ0) is 21.4. The van der Waals surface area contributed by atoms with Crippen molar-refractivity contribution >= 4 is 0 Å². The number of hydrogen-bond donors (Lipinski definition) is 1. The van der Waals surface area contributed by atoms with E-state index in [1.54, 1.807) is 0 Å². The van der Waals surface area contributed by atoms with Crippen molar-refractivity contribution in [3.63, 3.8) is 0 Å². The Bertz CT molecular complexity index is 847. The molecular weight excluding hydrogens is 392 g/mol. The third-order valence-electron chi connectivity index (χ3n) is 5.31. The van der Waals surface area contributed by atoms with Gasteiger partial charge in [0.15, 0.2) is 0 Å². The molecule has 1 aliphatic rings. The molecule has 1 aliphatic heterocycles. The van der Waals surface area contributed by atoms with Crippen molar-refractivity contribution in [3.05, 3.63) is 108 Å². The highest BCUT2D eigenvalue weighted by Crippen LogP contribution is 2.38. The van der Waals surface area contributed by atoms with Gasteiger partial charge in [-0.2, -0.15) is 0 Å². The van der Waals surface area contributed by atoms with Crippen LogP contribution in [-0.2, 0) is 37.9 Å². The van der Waals surface area contributed by atoms with Crippen molar-refractivity contribution in [2.45, 2.75) is 31.2 Å². The average molecular weight is 421 g/mol. The SMILES string of the molecule is OCC1(c2ccccc2)O[C@H](COCc2ccccc2)[C@@H](COCc2ccccc2)O1. The summed E-state index contributed by atoms with van der Waals surface area (Å²) in [5, 5.41) is 10.2. The molecule has 1 heterocycles. The van der Waals surface area contributed by atoms with E-state index in [4.69, 9.17) is 18.9 Å². The topological polar surface area (TPSA) is 57.2 Å². The molecule has 0 aliphatic carbocycles. The fourth-order valence-electron chi connectivity index (χ4n) is 3.68. The van der Waals surface area contributed by atoms with Crippen molar-refractivity contribution in [2.75, 3.05) is 19.8 Å². The van der Waals surface area contributed by atoms with Gasteiger partial charge in [0.2, 0.25) is 5.79 Å². The van der Waals surface area contributed by atoms with E-state index in [1.165, 1.54) is 0 Å². The number of aliphatic hydroxyl groups is 1. The maximum Gasteiger partial charge on any atom is 0.219 e. The highest BCUT2D eigenvalue weighted by Gasteiger charge is 2.48. The number of benzene rings is 3. The molecule has 1 saturated heterocycles. The second kappa shape index (κ2) is 10.7. The monoisotopic (exact) mass is 420 g/mol. The summed E-state index contributed by atoms with van der Waals surface area (Å²) in [5.74, 6) is -1.22. The number of hydrogen-bond acceptors (Lipinski definition) is 5. The van der Waals surface area contributed by atoms with Crippen LogP contribution in [0.1, 0.15) is 16.7 Å². The molecule has 0 spiro atoms. The van der Waals surface area contributed by atoms with Crippen LogP contribution in [0.2, 0.25) is 0 Å². The molecule has 5 nitrogen and oxygen atoms in total. The average Bonchev–Trinajstić information content (AvgIpc) is 3.20. The van der Waals surface area contributed by atoms with E-state index in [0.29, 0.717) is 26.4 Å². The van der Waals surface area contributed by atoms with Gasteiger partial charge in [0.25, 0.3) is 0 Å². The van der Waals surface area contributed by atoms with E-state index in [0.717, 1.165) is 16.7 Å². The predicted molar refractivity (Wildman–Crippen MR) is 117 cm³/mol. The molecular formula is C26H28O5. The zero-order valence-corrected chi connectivity index (χ0v) is 17.4. The lowest BCUT2D eigenvalue weighted by molar-refractivity contribution is -0.213. The minimum absolute atomic E-state index is 0.290. The van der Waals surface area contributed by atoms with E-state index in [1.807, 2.05) is 91.0 Å². The van der Waals surface area contributed by atoms with Crippen molar-refractivity contribution in [3.8, 4) is 0 Å². The van der Waals surface area contributed by atoms with Gasteiger partial charge >= 0.3 is 0 Å². The first kappa shape index (κ1) is 21.7. The molecule has 0 bridgehead atoms. The third-order valence-corrected chi connectivity index (χ3v) is 5.31. The number of aliphatic hydroxyl groups excluding tert-OH is 1. The Morgan fingerprint density at radius 2 is 1.06 bits per heavy atom. The predicted octanol–water partition coefficient (Wildman–Crippen LogP) is 4.05. The van der Waals surface area contributed by atoms with Crippen molar-refractivity contribution < 1.29 is 24.1 Å². The second-order valence-electron chi connectivity index (χ2n) is 7.59. The summed E-state index contributed by atoms with van der Waals surface area (Å²) in [6.45, 7) is 1.35. The summed E-state index contributed by atoms with van der Waals surface area (Å²) < 4.78 is 24.4. The molecule has 3 aromatic rings. The lowest BCUT2D eigenvalue weighted by atomic mass is 10.1. The Balaban J connectivity index is 1.42. The quantitative estimate of drug-likeness (QED) is 0.536. The van der Waals surface area contributed by atoms with Crippen molar-refractivity contribution in [1.29, 1.82) is 0 Å². The van der Waals surface area contributed by atoms with Crippen LogP contribution in [0.5, 0.6) is 0 Å². The van der Waals surface area contributed by atoms with Crippen LogP contribution in [0, 0.1) is 0 Å². The largest absolute Gasteiger partial charge is 0.390 e. The van der Waals surface area contributed by atoms with E-state index in [9.17, 15) is 5.11 Å². The summed E-state index contributed by atoms with van der Waals surface area (Å²) >= 11 is 0. The fourth-order valence-corrected chi connectivity index (χ4v) is 3.68. The van der Waals surface area contributed by atoms with Gasteiger partial charge in [-0.25, -0.2) is 0 Å². The Morgan fingerprint density at radius 3 is 1.48 bits per heavy atom. The van der Waals surface area contributed by atoms with Gasteiger partial charge in [-0.1, -0.05) is 91.0 Å². The molecule has 1 N–H and O–H groups in total. The molecule has 162 valence electrons. The Morgan fingerprint density at radius 1 is 0.645 bits per heavy atom. The molecule has 0 saturated carbocycles. The molecule has 31 heavy (non-hydrogen) atoms. The molecule has 1 fully saturated rings. The summed E-state index contributed by atoms with van der Waals surface area (Å²) in [4.78, 5) is 0. The first-order valence-electron chi connectivity index (χ1n) is 10.5. The first-order chi connectivity index (χ1) is 15.3. The maximum absolute atomic E-state index is 10.2. The van der Waals surface area contributed by atoms with Gasteiger partial charge in [0, 0.05) is 5.56 Å². The number of rotatable bonds is 10. The lowest BCUT2D eigenvalue weighted by Gasteiger charge is -2.26. The summed E-state index contributed by atoms with van der Waals surface area (Å²) in [6.07, 6.45) is -0.737. The van der Waals surface area contributed by atoms with Crippen LogP contribution in [0.25, 0.3) is 0 Å². The smallest absolute Gasteiger partial charge is 0.219 e. The first-order valence-corrected chi connectivity index (χ1v) is 10.5. The molecule has 0 radical (unpaired) electrons. The van der Waals surface area contributed by atoms with Crippen LogP contribution in [0.3, 0.4) is 0 Å². The van der Waals surface area contributed by atoms with Crippen LogP contribution >= 0.6 is 0 Å². The lowest BCUT2D eigenvalue weighted by Crippen LogP contribution is -2.33. The van der Waals surface area contributed by atoms with Gasteiger partial charge < -0.3 is 24.1 Å². The van der Waals surface area contributed by atoms with Gasteiger partial charge in [-0.3, -0.25) is 0 Å². The Hall–Kier alpha value is -2.54. The van der Waals surface area contributed by atoms with Gasteiger partial charge in [-0.05, 0) is 11.1 Å². The third kappa shape index (κ3) is 5.58. The van der Waals surface area contributed by atoms with Crippen LogP contribution in [0.4, 0.5) is 0 Å². The summed E-state index contributed by atoms with van der Waals surface area (Å²) in [7, 11) is 0. The molecule has 0 unspecified atom stereocenters. The Labute approximate surface area is 183 Å². The summed E-state index contributed by atoms with van der Waals surface area (Å²) in [6, 6.07) is 29.5. The highest BCUT2D eigenvalue weighted by molar-refractivity contribution is 5.22. The van der Waals surface area contributed by atoms with Crippen LogP contribution < -0.4 is 0 Å². The van der Waals surface area contributed by atoms with E-state index in [-0.39, 0.29) is 18.8 Å². The van der Waals surface area contributed by atoms with Crippen LogP contribution in [0.15, 0.2) is 91.0 Å². The number of ether oxygens (including phenoxy) is 4. The molecule has 2 atom stereocenters. The minimum Gasteiger partial charge on any atom is -0.390 e. The van der Waals surface area contributed by atoms with Gasteiger partial charge in [0.1, 0.15) is 18.8 Å². The molecule has 5 heteroatoms. The molecule has 3 aromatic carbocycles. The zero-order valence-electron chi connectivity index (χ0n) is 17.4. The Kier molecular flexibility index (Phi) is 7.46. The summed E-state index contributed by atoms with van der Waals surface area (Å²) in [5.41, 5.74) is 2.96. The van der Waals surface area contributed by atoms with Crippen LogP contribution in [-0.4, -0.2) is 37.1 Å². The molecule has 0 amide bonds. The van der Waals surface area contributed by atoms with E-state index < -0.39 is 5.79 Å². The van der Waals surface area contributed by atoms with Gasteiger partial charge in [-0.15, -0.1) is 0 Å². The maximum atomic E-state index is 10.2. The fraction of sp³-hybridized carbons (Fsp3) is 0.308. The molecule has 0 aromatic heterocycles. The minimum atomic E-state index is -1.22. The van der Waals surface area contributed by atoms with E-state index >= 15 is 0 Å². The van der Waals surface area contributed by atoms with Gasteiger partial charge in [0.05, 0.1) is 26.4 Å².